The summed E-state index contributed by atoms with van der Waals surface area (Å²) in [5.74, 6) is 0.842. The smallest absolute Gasteiger partial charge is 0.145 e. The Kier molecular flexibility index (Phi) is 3.37. The second-order valence-electron chi connectivity index (χ2n) is 3.67. The van der Waals surface area contributed by atoms with Crippen molar-refractivity contribution in [2.24, 2.45) is 5.73 Å². The van der Waals surface area contributed by atoms with Gasteiger partial charge in [-0.3, -0.25) is 4.98 Å². The topological polar surface area (TPSA) is 48.1 Å². The average molecular weight is 216 g/mol. The van der Waals surface area contributed by atoms with Gasteiger partial charge in [-0.15, -0.1) is 0 Å². The highest BCUT2D eigenvalue weighted by Crippen LogP contribution is 2.26. The van der Waals surface area contributed by atoms with Crippen LogP contribution in [0, 0.1) is 0 Å². The van der Waals surface area contributed by atoms with E-state index in [-0.39, 0.29) is 0 Å². The van der Waals surface area contributed by atoms with Gasteiger partial charge in [-0.1, -0.05) is 19.1 Å². The summed E-state index contributed by atoms with van der Waals surface area (Å²) in [6, 6.07) is 7.91. The number of pyridine rings is 1. The molecule has 0 aliphatic carbocycles. The van der Waals surface area contributed by atoms with Gasteiger partial charge in [-0.2, -0.15) is 0 Å². The van der Waals surface area contributed by atoms with Gasteiger partial charge in [0.1, 0.15) is 11.3 Å². The molecule has 0 bridgehead atoms. The summed E-state index contributed by atoms with van der Waals surface area (Å²) in [5.41, 5.74) is 7.70. The Labute approximate surface area is 95.2 Å². The SMILES string of the molecule is CCCOc1ccc(CN)c2cccnc12. The first-order valence-electron chi connectivity index (χ1n) is 5.56. The van der Waals surface area contributed by atoms with Crippen LogP contribution in [-0.4, -0.2) is 11.6 Å². The third-order valence-electron chi connectivity index (χ3n) is 2.50. The predicted molar refractivity (Wildman–Crippen MR) is 65.4 cm³/mol. The maximum absolute atomic E-state index is 5.70. The fraction of sp³-hybridized carbons (Fsp3) is 0.308. The van der Waals surface area contributed by atoms with Crippen LogP contribution >= 0.6 is 0 Å². The minimum Gasteiger partial charge on any atom is -0.491 e. The first-order chi connectivity index (χ1) is 7.86. The second kappa shape index (κ2) is 4.94. The van der Waals surface area contributed by atoms with E-state index in [1.807, 2.05) is 24.3 Å². The predicted octanol–water partition coefficient (Wildman–Crippen LogP) is 2.48. The summed E-state index contributed by atoms with van der Waals surface area (Å²) >= 11 is 0. The van der Waals surface area contributed by atoms with Crippen molar-refractivity contribution >= 4 is 10.9 Å². The number of nitrogens with two attached hydrogens (primary N) is 1. The Morgan fingerprint density at radius 2 is 2.19 bits per heavy atom. The van der Waals surface area contributed by atoms with Gasteiger partial charge < -0.3 is 10.5 Å². The minimum atomic E-state index is 0.524. The largest absolute Gasteiger partial charge is 0.491 e. The number of nitrogens with zero attached hydrogens (tertiary/aromatic N) is 1. The van der Waals surface area contributed by atoms with Gasteiger partial charge in [0.05, 0.1) is 6.61 Å². The van der Waals surface area contributed by atoms with Crippen LogP contribution in [-0.2, 0) is 6.54 Å². The molecule has 0 atom stereocenters. The summed E-state index contributed by atoms with van der Waals surface area (Å²) in [6.45, 7) is 3.33. The van der Waals surface area contributed by atoms with Crippen molar-refractivity contribution in [3.63, 3.8) is 0 Å². The van der Waals surface area contributed by atoms with Gasteiger partial charge in [-0.25, -0.2) is 0 Å². The third kappa shape index (κ3) is 1.99. The molecule has 0 amide bonds. The molecule has 1 heterocycles. The molecule has 0 aliphatic rings. The lowest BCUT2D eigenvalue weighted by atomic mass is 10.1. The van der Waals surface area contributed by atoms with Crippen molar-refractivity contribution in [2.45, 2.75) is 19.9 Å². The number of fused-ring (bicyclic) bond motifs is 1. The molecule has 0 unspecified atom stereocenters. The summed E-state index contributed by atoms with van der Waals surface area (Å²) in [5, 5.41) is 1.08. The van der Waals surface area contributed by atoms with E-state index < -0.39 is 0 Å². The van der Waals surface area contributed by atoms with Crippen molar-refractivity contribution in [1.29, 1.82) is 0 Å². The molecule has 2 aromatic rings. The normalized spacial score (nSPS) is 10.6. The summed E-state index contributed by atoms with van der Waals surface area (Å²) in [7, 11) is 0. The molecule has 84 valence electrons. The molecule has 0 aliphatic heterocycles. The second-order valence-corrected chi connectivity index (χ2v) is 3.67. The van der Waals surface area contributed by atoms with E-state index in [9.17, 15) is 0 Å². The number of rotatable bonds is 4. The van der Waals surface area contributed by atoms with Gasteiger partial charge in [0.2, 0.25) is 0 Å². The quantitative estimate of drug-likeness (QED) is 0.854. The molecule has 0 saturated carbocycles. The van der Waals surface area contributed by atoms with E-state index in [1.165, 1.54) is 0 Å². The molecule has 1 aromatic heterocycles. The Hall–Kier alpha value is -1.61. The van der Waals surface area contributed by atoms with Gasteiger partial charge in [0, 0.05) is 18.1 Å². The van der Waals surface area contributed by atoms with E-state index in [1.54, 1.807) is 6.20 Å². The van der Waals surface area contributed by atoms with Crippen LogP contribution in [0.15, 0.2) is 30.5 Å². The zero-order valence-corrected chi connectivity index (χ0v) is 9.44. The molecule has 1 aromatic carbocycles. The Morgan fingerprint density at radius 1 is 1.31 bits per heavy atom. The number of aromatic nitrogens is 1. The first kappa shape index (κ1) is 10.9. The van der Waals surface area contributed by atoms with E-state index in [2.05, 4.69) is 11.9 Å². The fourth-order valence-electron chi connectivity index (χ4n) is 1.71. The van der Waals surface area contributed by atoms with E-state index in [0.29, 0.717) is 13.2 Å². The van der Waals surface area contributed by atoms with Gasteiger partial charge >= 0.3 is 0 Å². The van der Waals surface area contributed by atoms with Crippen molar-refractivity contribution in [3.8, 4) is 5.75 Å². The minimum absolute atomic E-state index is 0.524. The van der Waals surface area contributed by atoms with Crippen LogP contribution < -0.4 is 10.5 Å². The van der Waals surface area contributed by atoms with Crippen molar-refractivity contribution < 1.29 is 4.74 Å². The summed E-state index contributed by atoms with van der Waals surface area (Å²) in [6.07, 6.45) is 2.77. The van der Waals surface area contributed by atoms with Crippen LogP contribution in [0.3, 0.4) is 0 Å². The van der Waals surface area contributed by atoms with Crippen molar-refractivity contribution in [3.05, 3.63) is 36.0 Å². The monoisotopic (exact) mass is 216 g/mol. The Balaban J connectivity index is 2.51. The van der Waals surface area contributed by atoms with Crippen molar-refractivity contribution in [2.75, 3.05) is 6.61 Å². The van der Waals surface area contributed by atoms with Crippen LogP contribution in [0.1, 0.15) is 18.9 Å². The van der Waals surface area contributed by atoms with Crippen molar-refractivity contribution in [1.82, 2.24) is 4.98 Å². The van der Waals surface area contributed by atoms with Gasteiger partial charge in [0.25, 0.3) is 0 Å². The number of ether oxygens (including phenoxy) is 1. The third-order valence-corrected chi connectivity index (χ3v) is 2.50. The molecule has 0 radical (unpaired) electrons. The first-order valence-corrected chi connectivity index (χ1v) is 5.56. The zero-order valence-electron chi connectivity index (χ0n) is 9.44. The Bertz CT molecular complexity index is 482. The molecule has 16 heavy (non-hydrogen) atoms. The Morgan fingerprint density at radius 3 is 2.94 bits per heavy atom. The molecule has 2 N–H and O–H groups in total. The van der Waals surface area contributed by atoms with Crippen LogP contribution in [0.5, 0.6) is 5.75 Å². The highest BCUT2D eigenvalue weighted by atomic mass is 16.5. The lowest BCUT2D eigenvalue weighted by molar-refractivity contribution is 0.320. The molecule has 2 rings (SSSR count). The number of hydrogen-bond acceptors (Lipinski definition) is 3. The molecule has 0 fully saturated rings. The molecular formula is C13H16N2O. The van der Waals surface area contributed by atoms with Gasteiger partial charge in [0.15, 0.2) is 0 Å². The highest BCUT2D eigenvalue weighted by Gasteiger charge is 2.06. The van der Waals surface area contributed by atoms with Gasteiger partial charge in [-0.05, 0) is 24.1 Å². The maximum atomic E-state index is 5.70. The summed E-state index contributed by atoms with van der Waals surface area (Å²) < 4.78 is 5.66. The van der Waals surface area contributed by atoms with Crippen LogP contribution in [0.2, 0.25) is 0 Å². The van der Waals surface area contributed by atoms with E-state index >= 15 is 0 Å². The fourth-order valence-corrected chi connectivity index (χ4v) is 1.71. The molecule has 3 nitrogen and oxygen atoms in total. The lowest BCUT2D eigenvalue weighted by Gasteiger charge is -2.10. The molecule has 0 spiro atoms. The molecular weight excluding hydrogens is 200 g/mol. The summed E-state index contributed by atoms with van der Waals surface area (Å²) in [4.78, 5) is 4.36. The van der Waals surface area contributed by atoms with E-state index in [0.717, 1.165) is 28.6 Å². The van der Waals surface area contributed by atoms with E-state index in [4.69, 9.17) is 10.5 Å². The average Bonchev–Trinajstić information content (AvgIpc) is 2.36. The standard InChI is InChI=1S/C13H16N2O/c1-2-8-16-12-6-5-10(9-14)11-4-3-7-15-13(11)12/h3-7H,2,8-9,14H2,1H3. The zero-order chi connectivity index (χ0) is 11.4. The van der Waals surface area contributed by atoms with Crippen LogP contribution in [0.25, 0.3) is 10.9 Å². The highest BCUT2D eigenvalue weighted by molar-refractivity contribution is 5.87. The number of benzene rings is 1. The number of hydrogen-bond donors (Lipinski definition) is 1. The van der Waals surface area contributed by atoms with Crippen LogP contribution in [0.4, 0.5) is 0 Å². The molecule has 3 heteroatoms. The maximum Gasteiger partial charge on any atom is 0.145 e. The lowest BCUT2D eigenvalue weighted by Crippen LogP contribution is -2.01. The molecule has 0 saturated heterocycles.